The number of aromatic nitrogens is 2. The number of aliphatic hydroxyl groups is 1. The third kappa shape index (κ3) is 4.52. The SMILES string of the molecule is CC(=O)/C=C(/C)O.C[Si]1(C)c2cc3ccccc3nc2-c2[c-]ccc3c2c2c1cccc2n3-c1ccccc1.[Ir]. The van der Waals surface area contributed by atoms with Crippen LogP contribution in [0.15, 0.2) is 103 Å². The van der Waals surface area contributed by atoms with E-state index in [2.05, 4.69) is 115 Å². The molecule has 0 atom stereocenters. The topological polar surface area (TPSA) is 55.1 Å². The molecule has 1 N–H and O–H groups in total. The van der Waals surface area contributed by atoms with Gasteiger partial charge in [-0.05, 0) is 60.1 Å². The molecule has 6 aromatic rings. The maximum Gasteiger partial charge on any atom is 0.155 e. The van der Waals surface area contributed by atoms with Crippen LogP contribution in [-0.2, 0) is 24.9 Å². The van der Waals surface area contributed by atoms with Gasteiger partial charge in [0.25, 0.3) is 0 Å². The van der Waals surface area contributed by atoms with E-state index in [-0.39, 0.29) is 31.6 Å². The number of fused-ring (bicyclic) bond motifs is 3. The molecule has 1 aliphatic heterocycles. The summed E-state index contributed by atoms with van der Waals surface area (Å²) < 4.78 is 2.40. The average molecular weight is 718 g/mol. The number of ketones is 1. The molecule has 40 heavy (non-hydrogen) atoms. The molecule has 0 aliphatic carbocycles. The first-order chi connectivity index (χ1) is 18.8. The minimum absolute atomic E-state index is 0. The number of rotatable bonds is 2. The Morgan fingerprint density at radius 2 is 1.57 bits per heavy atom. The number of hydrogen-bond donors (Lipinski definition) is 1. The molecule has 4 aromatic carbocycles. The number of para-hydroxylation sites is 2. The van der Waals surface area contributed by atoms with Crippen LogP contribution in [0.25, 0.3) is 49.7 Å². The van der Waals surface area contributed by atoms with Gasteiger partial charge in [-0.3, -0.25) is 9.78 Å². The van der Waals surface area contributed by atoms with Gasteiger partial charge in [-0.15, -0.1) is 23.8 Å². The van der Waals surface area contributed by atoms with Crippen molar-refractivity contribution in [3.63, 3.8) is 0 Å². The first-order valence-electron chi connectivity index (χ1n) is 13.1. The molecule has 4 nitrogen and oxygen atoms in total. The predicted octanol–water partition coefficient (Wildman–Crippen LogP) is 6.97. The summed E-state index contributed by atoms with van der Waals surface area (Å²) in [5.74, 6) is -0.0625. The van der Waals surface area contributed by atoms with Crippen LogP contribution < -0.4 is 10.4 Å². The number of pyridine rings is 1. The summed E-state index contributed by atoms with van der Waals surface area (Å²) in [6.45, 7) is 7.78. The van der Waals surface area contributed by atoms with Crippen LogP contribution >= 0.6 is 0 Å². The summed E-state index contributed by atoms with van der Waals surface area (Å²) in [7, 11) is -2.03. The Morgan fingerprint density at radius 1 is 0.875 bits per heavy atom. The fraction of sp³-hybridized carbons (Fsp3) is 0.118. The third-order valence-electron chi connectivity index (χ3n) is 7.48. The van der Waals surface area contributed by atoms with E-state index in [1.54, 1.807) is 0 Å². The Hall–Kier alpha value is -3.83. The standard InChI is InChI=1S/C29H21N2Si.C5H8O2.Ir/c1-32(2)25-17-9-16-24-28(25)27-21(29-26(32)18-19-10-6-7-14-22(19)30-29)13-8-15-23(27)31(24)20-11-4-3-5-12-20;1-4(6)3-5(2)7;/h3-12,14-18H,1-2H3;3,6H,1-2H3;/q-1;;/b;4-3-;. The quantitative estimate of drug-likeness (QED) is 0.0912. The predicted molar refractivity (Wildman–Crippen MR) is 164 cm³/mol. The van der Waals surface area contributed by atoms with Crippen molar-refractivity contribution in [1.82, 2.24) is 9.55 Å². The maximum atomic E-state index is 10.0. The smallest absolute Gasteiger partial charge is 0.155 e. The van der Waals surface area contributed by atoms with Gasteiger partial charge in [0.1, 0.15) is 8.07 Å². The summed E-state index contributed by atoms with van der Waals surface area (Å²) in [5.41, 5.74) is 6.96. The molecule has 6 heteroatoms. The Labute approximate surface area is 248 Å². The molecule has 0 saturated carbocycles. The molecule has 0 bridgehead atoms. The van der Waals surface area contributed by atoms with Gasteiger partial charge < -0.3 is 9.67 Å². The number of allylic oxidation sites excluding steroid dienone is 2. The minimum Gasteiger partial charge on any atom is -0.512 e. The number of nitrogens with zero attached hydrogens (tertiary/aromatic N) is 2. The molecule has 1 radical (unpaired) electrons. The number of aliphatic hydroxyl groups excluding tert-OH is 1. The first kappa shape index (κ1) is 27.7. The zero-order chi connectivity index (χ0) is 27.3. The van der Waals surface area contributed by atoms with Crippen molar-refractivity contribution in [2.45, 2.75) is 26.9 Å². The molecule has 0 fully saturated rings. The van der Waals surface area contributed by atoms with Gasteiger partial charge >= 0.3 is 0 Å². The monoisotopic (exact) mass is 718 g/mol. The van der Waals surface area contributed by atoms with E-state index >= 15 is 0 Å². The van der Waals surface area contributed by atoms with Gasteiger partial charge in [0.2, 0.25) is 0 Å². The second-order valence-corrected chi connectivity index (χ2v) is 14.9. The molecule has 0 spiro atoms. The number of hydrogen-bond acceptors (Lipinski definition) is 3. The number of carbonyl (C=O) groups is 1. The largest absolute Gasteiger partial charge is 0.512 e. The van der Waals surface area contributed by atoms with E-state index in [1.807, 2.05) is 0 Å². The Morgan fingerprint density at radius 3 is 2.27 bits per heavy atom. The summed E-state index contributed by atoms with van der Waals surface area (Å²) in [6, 6.07) is 36.3. The second-order valence-electron chi connectivity index (χ2n) is 10.6. The van der Waals surface area contributed by atoms with Gasteiger partial charge in [0, 0.05) is 37.4 Å². The van der Waals surface area contributed by atoms with Crippen molar-refractivity contribution in [1.29, 1.82) is 0 Å². The van der Waals surface area contributed by atoms with Gasteiger partial charge in [0.05, 0.1) is 11.3 Å². The van der Waals surface area contributed by atoms with Crippen molar-refractivity contribution in [2.24, 2.45) is 0 Å². The van der Waals surface area contributed by atoms with Crippen molar-refractivity contribution in [2.75, 3.05) is 0 Å². The Balaban J connectivity index is 0.000000362. The van der Waals surface area contributed by atoms with E-state index in [0.29, 0.717) is 0 Å². The van der Waals surface area contributed by atoms with Crippen molar-refractivity contribution in [3.05, 3.63) is 109 Å². The van der Waals surface area contributed by atoms with Crippen LogP contribution in [0.3, 0.4) is 0 Å². The Bertz CT molecular complexity index is 1940. The molecular formula is C34H29IrN2O2Si-. The molecular weight excluding hydrogens is 689 g/mol. The van der Waals surface area contributed by atoms with E-state index in [9.17, 15) is 4.79 Å². The average Bonchev–Trinajstić information content (AvgIpc) is 3.23. The van der Waals surface area contributed by atoms with Crippen LogP contribution in [0, 0.1) is 6.07 Å². The van der Waals surface area contributed by atoms with Crippen LogP contribution in [-0.4, -0.2) is 28.5 Å². The van der Waals surface area contributed by atoms with Crippen molar-refractivity contribution >= 4 is 56.9 Å². The first-order valence-corrected chi connectivity index (χ1v) is 16.1. The Kier molecular flexibility index (Phi) is 7.36. The van der Waals surface area contributed by atoms with Gasteiger partial charge in [0.15, 0.2) is 5.78 Å². The van der Waals surface area contributed by atoms with Crippen LogP contribution in [0.4, 0.5) is 0 Å². The molecule has 7 rings (SSSR count). The van der Waals surface area contributed by atoms with E-state index in [4.69, 9.17) is 10.1 Å². The van der Waals surface area contributed by atoms with E-state index in [1.165, 1.54) is 63.2 Å². The van der Waals surface area contributed by atoms with Crippen molar-refractivity contribution in [3.8, 4) is 16.9 Å². The summed E-state index contributed by atoms with van der Waals surface area (Å²) >= 11 is 0. The summed E-state index contributed by atoms with van der Waals surface area (Å²) in [5, 5.41) is 15.1. The normalized spacial score (nSPS) is 13.3. The fourth-order valence-electron chi connectivity index (χ4n) is 5.83. The van der Waals surface area contributed by atoms with E-state index < -0.39 is 8.07 Å². The van der Waals surface area contributed by atoms with Crippen LogP contribution in [0.5, 0.6) is 0 Å². The minimum atomic E-state index is -2.03. The molecule has 0 unspecified atom stereocenters. The summed E-state index contributed by atoms with van der Waals surface area (Å²) in [6.07, 6.45) is 1.17. The zero-order valence-corrected chi connectivity index (χ0v) is 26.2. The molecule has 0 amide bonds. The molecule has 1 aliphatic rings. The van der Waals surface area contributed by atoms with Gasteiger partial charge in [-0.1, -0.05) is 83.5 Å². The second kappa shape index (κ2) is 10.6. The maximum absolute atomic E-state index is 10.0. The zero-order valence-electron chi connectivity index (χ0n) is 22.8. The number of carbonyl (C=O) groups excluding carboxylic acids is 1. The van der Waals surface area contributed by atoms with Crippen molar-refractivity contribution < 1.29 is 30.0 Å². The molecule has 3 heterocycles. The van der Waals surface area contributed by atoms with Gasteiger partial charge in [-0.25, -0.2) is 0 Å². The van der Waals surface area contributed by atoms with Gasteiger partial charge in [-0.2, -0.15) is 0 Å². The third-order valence-corrected chi connectivity index (χ3v) is 11.0. The number of benzene rings is 4. The molecule has 201 valence electrons. The molecule has 0 saturated heterocycles. The molecule has 2 aromatic heterocycles. The fourth-order valence-corrected chi connectivity index (χ4v) is 8.80. The van der Waals surface area contributed by atoms with Crippen LogP contribution in [0.2, 0.25) is 13.1 Å². The van der Waals surface area contributed by atoms with Crippen LogP contribution in [0.1, 0.15) is 13.8 Å². The summed E-state index contributed by atoms with van der Waals surface area (Å²) in [4.78, 5) is 15.3. The van der Waals surface area contributed by atoms with E-state index in [0.717, 1.165) is 16.8 Å².